The van der Waals surface area contributed by atoms with Gasteiger partial charge in [0.15, 0.2) is 0 Å². The standard InChI is InChI=1S/C8H9N3S2/c1-6(7-2-3-12-5-7)10-8-4-9-11-13-8/h2-6,10H,1H3. The van der Waals surface area contributed by atoms with Crippen LogP contribution in [0.3, 0.4) is 0 Å². The van der Waals surface area contributed by atoms with Crippen molar-refractivity contribution < 1.29 is 0 Å². The van der Waals surface area contributed by atoms with Gasteiger partial charge in [-0.15, -0.1) is 5.10 Å². The lowest BCUT2D eigenvalue weighted by Crippen LogP contribution is -2.03. The van der Waals surface area contributed by atoms with E-state index < -0.39 is 0 Å². The minimum absolute atomic E-state index is 0.327. The Hall–Kier alpha value is -0.940. The summed E-state index contributed by atoms with van der Waals surface area (Å²) in [7, 11) is 0. The Labute approximate surface area is 84.6 Å². The summed E-state index contributed by atoms with van der Waals surface area (Å²) in [6, 6.07) is 2.45. The fourth-order valence-corrected chi connectivity index (χ4v) is 2.31. The Morgan fingerprint density at radius 1 is 1.54 bits per heavy atom. The molecule has 5 heteroatoms. The van der Waals surface area contributed by atoms with E-state index in [1.54, 1.807) is 17.5 Å². The Morgan fingerprint density at radius 2 is 2.46 bits per heavy atom. The molecular weight excluding hydrogens is 202 g/mol. The zero-order valence-corrected chi connectivity index (χ0v) is 8.73. The normalized spacial score (nSPS) is 12.7. The molecule has 1 N–H and O–H groups in total. The van der Waals surface area contributed by atoms with Gasteiger partial charge in [0.2, 0.25) is 0 Å². The highest BCUT2D eigenvalue weighted by Crippen LogP contribution is 2.21. The molecule has 0 fully saturated rings. The van der Waals surface area contributed by atoms with E-state index in [9.17, 15) is 0 Å². The number of thiophene rings is 1. The van der Waals surface area contributed by atoms with Crippen LogP contribution in [0.15, 0.2) is 23.0 Å². The molecule has 0 spiro atoms. The Kier molecular flexibility index (Phi) is 2.56. The molecule has 2 heterocycles. The van der Waals surface area contributed by atoms with Gasteiger partial charge in [0.05, 0.1) is 12.2 Å². The van der Waals surface area contributed by atoms with E-state index in [1.165, 1.54) is 17.1 Å². The fourth-order valence-electron chi connectivity index (χ4n) is 1.05. The summed E-state index contributed by atoms with van der Waals surface area (Å²) in [5.41, 5.74) is 1.30. The first kappa shape index (κ1) is 8.65. The van der Waals surface area contributed by atoms with Gasteiger partial charge < -0.3 is 5.32 Å². The summed E-state index contributed by atoms with van der Waals surface area (Å²) in [5, 5.41) is 12.3. The Balaban J connectivity index is 2.04. The molecule has 2 rings (SSSR count). The molecule has 0 radical (unpaired) electrons. The zero-order chi connectivity index (χ0) is 9.10. The summed E-state index contributed by atoms with van der Waals surface area (Å²) in [6.07, 6.45) is 1.74. The van der Waals surface area contributed by atoms with Gasteiger partial charge in [-0.2, -0.15) is 11.3 Å². The molecule has 1 unspecified atom stereocenters. The van der Waals surface area contributed by atoms with E-state index in [0.717, 1.165) is 5.00 Å². The van der Waals surface area contributed by atoms with Crippen LogP contribution in [0.2, 0.25) is 0 Å². The third-order valence-electron chi connectivity index (χ3n) is 1.76. The lowest BCUT2D eigenvalue weighted by Gasteiger charge is -2.10. The van der Waals surface area contributed by atoms with Gasteiger partial charge in [-0.25, -0.2) is 0 Å². The highest BCUT2D eigenvalue weighted by Gasteiger charge is 2.05. The molecule has 0 aliphatic heterocycles. The minimum Gasteiger partial charge on any atom is -0.368 e. The van der Waals surface area contributed by atoms with Gasteiger partial charge in [0.25, 0.3) is 0 Å². The number of hydrogen-bond donors (Lipinski definition) is 1. The second-order valence-corrected chi connectivity index (χ2v) is 4.27. The predicted octanol–water partition coefficient (Wildman–Crippen LogP) is 2.77. The predicted molar refractivity (Wildman–Crippen MR) is 56.3 cm³/mol. The van der Waals surface area contributed by atoms with Crippen molar-refractivity contribution >= 4 is 27.9 Å². The monoisotopic (exact) mass is 211 g/mol. The molecule has 68 valence electrons. The van der Waals surface area contributed by atoms with E-state index in [4.69, 9.17) is 0 Å². The topological polar surface area (TPSA) is 37.8 Å². The lowest BCUT2D eigenvalue weighted by atomic mass is 10.2. The highest BCUT2D eigenvalue weighted by molar-refractivity contribution is 7.09. The zero-order valence-electron chi connectivity index (χ0n) is 7.10. The second kappa shape index (κ2) is 3.85. The van der Waals surface area contributed by atoms with Gasteiger partial charge in [-0.05, 0) is 29.3 Å². The minimum atomic E-state index is 0.327. The third kappa shape index (κ3) is 2.05. The summed E-state index contributed by atoms with van der Waals surface area (Å²) < 4.78 is 3.79. The number of hydrogen-bond acceptors (Lipinski definition) is 5. The molecule has 13 heavy (non-hydrogen) atoms. The number of rotatable bonds is 3. The molecule has 2 aromatic heterocycles. The van der Waals surface area contributed by atoms with E-state index in [0.29, 0.717) is 6.04 Å². The maximum atomic E-state index is 3.79. The van der Waals surface area contributed by atoms with Crippen molar-refractivity contribution in [2.75, 3.05) is 5.32 Å². The highest BCUT2D eigenvalue weighted by atomic mass is 32.1. The van der Waals surface area contributed by atoms with Gasteiger partial charge in [0.1, 0.15) is 5.00 Å². The van der Waals surface area contributed by atoms with Crippen LogP contribution >= 0.6 is 22.9 Å². The maximum absolute atomic E-state index is 3.79. The van der Waals surface area contributed by atoms with Crippen LogP contribution in [0.25, 0.3) is 0 Å². The molecule has 3 nitrogen and oxygen atoms in total. The first-order valence-corrected chi connectivity index (χ1v) is 5.64. The number of nitrogens with one attached hydrogen (secondary N) is 1. The van der Waals surface area contributed by atoms with Gasteiger partial charge in [-0.3, -0.25) is 0 Å². The van der Waals surface area contributed by atoms with Crippen molar-refractivity contribution in [3.8, 4) is 0 Å². The van der Waals surface area contributed by atoms with Crippen LogP contribution in [0.4, 0.5) is 5.00 Å². The molecule has 0 amide bonds. The van der Waals surface area contributed by atoms with Gasteiger partial charge >= 0.3 is 0 Å². The summed E-state index contributed by atoms with van der Waals surface area (Å²) >= 11 is 3.09. The molecule has 0 aromatic carbocycles. The molecule has 2 aromatic rings. The first-order chi connectivity index (χ1) is 6.36. The van der Waals surface area contributed by atoms with Crippen LogP contribution in [-0.4, -0.2) is 9.59 Å². The van der Waals surface area contributed by atoms with Gasteiger partial charge in [0, 0.05) is 11.5 Å². The summed E-state index contributed by atoms with van der Waals surface area (Å²) in [5.74, 6) is 0. The summed E-state index contributed by atoms with van der Waals surface area (Å²) in [4.78, 5) is 0. The Morgan fingerprint density at radius 3 is 3.08 bits per heavy atom. The molecule has 0 bridgehead atoms. The third-order valence-corrected chi connectivity index (χ3v) is 3.06. The number of aromatic nitrogens is 2. The van der Waals surface area contributed by atoms with Crippen molar-refractivity contribution in [3.05, 3.63) is 28.6 Å². The van der Waals surface area contributed by atoms with Crippen molar-refractivity contribution in [2.24, 2.45) is 0 Å². The average molecular weight is 211 g/mol. The molecule has 1 atom stereocenters. The first-order valence-electron chi connectivity index (χ1n) is 3.92. The van der Waals surface area contributed by atoms with Crippen molar-refractivity contribution in [1.29, 1.82) is 0 Å². The SMILES string of the molecule is CC(Nc1cnns1)c1ccsc1. The molecule has 0 saturated heterocycles. The van der Waals surface area contributed by atoms with Crippen molar-refractivity contribution in [2.45, 2.75) is 13.0 Å². The molecule has 0 aliphatic rings. The van der Waals surface area contributed by atoms with Gasteiger partial charge in [-0.1, -0.05) is 4.49 Å². The average Bonchev–Trinajstić information content (AvgIpc) is 2.74. The van der Waals surface area contributed by atoms with Crippen LogP contribution in [0.1, 0.15) is 18.5 Å². The second-order valence-electron chi connectivity index (χ2n) is 2.70. The Bertz CT molecular complexity index is 341. The summed E-state index contributed by atoms with van der Waals surface area (Å²) in [6.45, 7) is 2.13. The van der Waals surface area contributed by atoms with Crippen molar-refractivity contribution in [1.82, 2.24) is 9.59 Å². The molecule has 0 saturated carbocycles. The van der Waals surface area contributed by atoms with Crippen LogP contribution in [0, 0.1) is 0 Å². The van der Waals surface area contributed by atoms with Crippen LogP contribution in [0.5, 0.6) is 0 Å². The van der Waals surface area contributed by atoms with E-state index >= 15 is 0 Å². The molecular formula is C8H9N3S2. The number of nitrogens with zero attached hydrogens (tertiary/aromatic N) is 2. The van der Waals surface area contributed by atoms with E-state index in [2.05, 4.69) is 38.7 Å². The largest absolute Gasteiger partial charge is 0.368 e. The lowest BCUT2D eigenvalue weighted by molar-refractivity contribution is 0.894. The van der Waals surface area contributed by atoms with Crippen LogP contribution in [-0.2, 0) is 0 Å². The van der Waals surface area contributed by atoms with E-state index in [-0.39, 0.29) is 0 Å². The van der Waals surface area contributed by atoms with Crippen molar-refractivity contribution in [3.63, 3.8) is 0 Å². The quantitative estimate of drug-likeness (QED) is 0.848. The smallest absolute Gasteiger partial charge is 0.130 e. The van der Waals surface area contributed by atoms with Crippen LogP contribution < -0.4 is 5.32 Å². The fraction of sp³-hybridized carbons (Fsp3) is 0.250. The number of anilines is 1. The van der Waals surface area contributed by atoms with E-state index in [1.807, 2.05) is 0 Å². The maximum Gasteiger partial charge on any atom is 0.130 e. The molecule has 0 aliphatic carbocycles.